The zero-order valence-electron chi connectivity index (χ0n) is 31.7. The summed E-state index contributed by atoms with van der Waals surface area (Å²) in [5, 5.41) is 0. The molecule has 5 unspecified atom stereocenters. The molecule has 7 aromatic carbocycles. The zero-order chi connectivity index (χ0) is 36.5. The summed E-state index contributed by atoms with van der Waals surface area (Å²) in [6.07, 6.45) is 5.59. The number of anilines is 3. The maximum Gasteiger partial charge on any atom is 0.0543 e. The van der Waals surface area contributed by atoms with E-state index < -0.39 is 0 Å². The molecule has 7 aromatic rings. The Bertz CT molecular complexity index is 2650. The summed E-state index contributed by atoms with van der Waals surface area (Å²) in [4.78, 5) is 2.56. The molecule has 5 aliphatic rings. The monoisotopic (exact) mass is 707 g/mol. The Hall–Kier alpha value is -5.66. The molecule has 0 aliphatic heterocycles. The van der Waals surface area contributed by atoms with Crippen molar-refractivity contribution < 1.29 is 0 Å². The minimum Gasteiger partial charge on any atom is -0.310 e. The van der Waals surface area contributed by atoms with Gasteiger partial charge < -0.3 is 4.90 Å². The Kier molecular flexibility index (Phi) is 6.58. The highest BCUT2D eigenvalue weighted by molar-refractivity contribution is 5.97. The van der Waals surface area contributed by atoms with Crippen LogP contribution >= 0.6 is 0 Å². The van der Waals surface area contributed by atoms with Crippen molar-refractivity contribution in [3.8, 4) is 44.5 Å². The number of rotatable bonds is 5. The summed E-state index contributed by atoms with van der Waals surface area (Å²) in [5.41, 5.74) is 20.4. The van der Waals surface area contributed by atoms with Crippen molar-refractivity contribution in [2.75, 3.05) is 4.90 Å². The summed E-state index contributed by atoms with van der Waals surface area (Å²) < 4.78 is 0. The van der Waals surface area contributed by atoms with Gasteiger partial charge in [-0.25, -0.2) is 0 Å². The van der Waals surface area contributed by atoms with Gasteiger partial charge in [-0.15, -0.1) is 0 Å². The van der Waals surface area contributed by atoms with Crippen LogP contribution in [0.5, 0.6) is 0 Å². The molecule has 0 N–H and O–H groups in total. The normalized spacial score (nSPS) is 24.1. The summed E-state index contributed by atoms with van der Waals surface area (Å²) >= 11 is 0. The van der Waals surface area contributed by atoms with Crippen molar-refractivity contribution in [3.05, 3.63) is 186 Å². The van der Waals surface area contributed by atoms with E-state index in [1.807, 2.05) is 0 Å². The Morgan fingerprint density at radius 1 is 0.473 bits per heavy atom. The van der Waals surface area contributed by atoms with Crippen molar-refractivity contribution in [2.24, 2.45) is 23.7 Å². The van der Waals surface area contributed by atoms with Gasteiger partial charge in [-0.3, -0.25) is 0 Å². The van der Waals surface area contributed by atoms with E-state index in [1.54, 1.807) is 11.1 Å². The molecule has 0 radical (unpaired) electrons. The Balaban J connectivity index is 1.08. The molecule has 55 heavy (non-hydrogen) atoms. The quantitative estimate of drug-likeness (QED) is 0.172. The second-order valence-electron chi connectivity index (χ2n) is 17.6. The highest BCUT2D eigenvalue weighted by Crippen LogP contribution is 2.78. The number of benzene rings is 7. The first kappa shape index (κ1) is 31.7. The largest absolute Gasteiger partial charge is 0.310 e. The lowest BCUT2D eigenvalue weighted by Gasteiger charge is -2.73. The number of hydrogen-bond donors (Lipinski definition) is 0. The van der Waals surface area contributed by atoms with E-state index in [2.05, 4.69) is 183 Å². The lowest BCUT2D eigenvalue weighted by Crippen LogP contribution is -2.69. The van der Waals surface area contributed by atoms with E-state index in [4.69, 9.17) is 0 Å². The molecule has 1 heteroatoms. The molecular weight excluding hydrogens is 663 g/mol. The third kappa shape index (κ3) is 4.19. The topological polar surface area (TPSA) is 3.24 Å². The van der Waals surface area contributed by atoms with Crippen LogP contribution in [0.2, 0.25) is 0 Å². The average Bonchev–Trinajstić information content (AvgIpc) is 3.65. The zero-order valence-corrected chi connectivity index (χ0v) is 31.7. The minimum absolute atomic E-state index is 0.0801. The summed E-state index contributed by atoms with van der Waals surface area (Å²) in [6.45, 7) is 4.78. The SMILES string of the molecule is CC1(C)c2ccccc2-c2c(N(c3ccc(-c4ccccc4)cc3)c3ccc4c(c3)-c3cc(-c5ccccc5)ccc3C43C4CCCC5CC3C54)cccc21. The molecule has 1 nitrogen and oxygen atoms in total. The molecule has 0 saturated heterocycles. The van der Waals surface area contributed by atoms with Crippen molar-refractivity contribution in [2.45, 2.75) is 50.4 Å². The fourth-order valence-corrected chi connectivity index (χ4v) is 12.6. The van der Waals surface area contributed by atoms with Gasteiger partial charge in [0.2, 0.25) is 0 Å². The van der Waals surface area contributed by atoms with Crippen LogP contribution in [0.1, 0.15) is 61.8 Å². The fourth-order valence-electron chi connectivity index (χ4n) is 12.6. The molecule has 0 aromatic heterocycles. The molecule has 3 saturated carbocycles. The van der Waals surface area contributed by atoms with Gasteiger partial charge in [0.15, 0.2) is 0 Å². The van der Waals surface area contributed by atoms with E-state index in [9.17, 15) is 0 Å². The Morgan fingerprint density at radius 2 is 1.09 bits per heavy atom. The van der Waals surface area contributed by atoms with E-state index in [1.165, 1.54) is 98.4 Å². The van der Waals surface area contributed by atoms with Crippen molar-refractivity contribution in [1.29, 1.82) is 0 Å². The highest BCUT2D eigenvalue weighted by Gasteiger charge is 2.72. The molecular formula is C54H45N. The minimum atomic E-state index is -0.0801. The van der Waals surface area contributed by atoms with E-state index in [0.717, 1.165) is 23.7 Å². The Morgan fingerprint density at radius 3 is 1.87 bits per heavy atom. The second-order valence-corrected chi connectivity index (χ2v) is 17.6. The van der Waals surface area contributed by atoms with Gasteiger partial charge >= 0.3 is 0 Å². The van der Waals surface area contributed by atoms with Crippen LogP contribution in [0.3, 0.4) is 0 Å². The van der Waals surface area contributed by atoms with Crippen LogP contribution in [0.15, 0.2) is 164 Å². The molecule has 1 spiro atoms. The fraction of sp³-hybridized carbons (Fsp3) is 0.222. The predicted molar refractivity (Wildman–Crippen MR) is 228 cm³/mol. The van der Waals surface area contributed by atoms with Gasteiger partial charge in [0.25, 0.3) is 0 Å². The second kappa shape index (κ2) is 11.4. The van der Waals surface area contributed by atoms with Crippen molar-refractivity contribution in [1.82, 2.24) is 0 Å². The van der Waals surface area contributed by atoms with Gasteiger partial charge in [0, 0.05) is 27.8 Å². The van der Waals surface area contributed by atoms with Gasteiger partial charge in [0.05, 0.1) is 5.69 Å². The molecule has 266 valence electrons. The maximum absolute atomic E-state index is 2.57. The standard InChI is InChI=1S/C54H45N/c1-53(2)44-19-10-9-18-41(44)52-47(53)20-12-22-50(52)55(39-26-23-36(24-27-39)34-13-5-3-6-14-34)40-28-30-46-43(33-40)42-31-37(35-15-7-4-8-16-35)25-29-45(42)54(46)48-21-11-17-38-32-49(54)51(38)48/h3-10,12-16,18-20,22-31,33,38,48-49,51H,11,17,21,32H2,1-2H3. The predicted octanol–water partition coefficient (Wildman–Crippen LogP) is 14.1. The molecule has 0 heterocycles. The van der Waals surface area contributed by atoms with E-state index in [-0.39, 0.29) is 10.8 Å². The molecule has 3 fully saturated rings. The van der Waals surface area contributed by atoms with Crippen LogP contribution in [0.25, 0.3) is 44.5 Å². The van der Waals surface area contributed by atoms with Gasteiger partial charge in [0.1, 0.15) is 0 Å². The van der Waals surface area contributed by atoms with Gasteiger partial charge in [-0.1, -0.05) is 154 Å². The van der Waals surface area contributed by atoms with Crippen molar-refractivity contribution >= 4 is 17.1 Å². The average molecular weight is 708 g/mol. The van der Waals surface area contributed by atoms with Gasteiger partial charge in [-0.2, -0.15) is 0 Å². The highest BCUT2D eigenvalue weighted by atomic mass is 15.1. The van der Waals surface area contributed by atoms with E-state index >= 15 is 0 Å². The smallest absolute Gasteiger partial charge is 0.0543 e. The molecule has 0 bridgehead atoms. The van der Waals surface area contributed by atoms with Crippen LogP contribution in [0, 0.1) is 23.7 Å². The third-order valence-corrected chi connectivity index (χ3v) is 14.9. The molecule has 5 atom stereocenters. The lowest BCUT2D eigenvalue weighted by molar-refractivity contribution is -0.181. The number of hydrogen-bond acceptors (Lipinski definition) is 1. The van der Waals surface area contributed by atoms with Crippen LogP contribution < -0.4 is 4.90 Å². The van der Waals surface area contributed by atoms with Crippen molar-refractivity contribution in [3.63, 3.8) is 0 Å². The van der Waals surface area contributed by atoms with Gasteiger partial charge in [-0.05, 0) is 134 Å². The van der Waals surface area contributed by atoms with E-state index in [0.29, 0.717) is 0 Å². The molecule has 5 aliphatic carbocycles. The number of fused-ring (bicyclic) bond motifs is 10. The summed E-state index contributed by atoms with van der Waals surface area (Å²) in [6, 6.07) is 62.1. The third-order valence-electron chi connectivity index (χ3n) is 14.9. The first-order valence-electron chi connectivity index (χ1n) is 20.6. The summed E-state index contributed by atoms with van der Waals surface area (Å²) in [7, 11) is 0. The van der Waals surface area contributed by atoms with Crippen LogP contribution in [-0.4, -0.2) is 0 Å². The molecule has 12 rings (SSSR count). The summed E-state index contributed by atoms with van der Waals surface area (Å²) in [5.74, 6) is 3.40. The first-order chi connectivity index (χ1) is 27.0. The maximum atomic E-state index is 2.57. The Labute approximate surface area is 325 Å². The lowest BCUT2D eigenvalue weighted by atomic mass is 9.31. The first-order valence-corrected chi connectivity index (χ1v) is 20.6. The molecule has 0 amide bonds. The number of nitrogens with zero attached hydrogens (tertiary/aromatic N) is 1. The van der Waals surface area contributed by atoms with Crippen LogP contribution in [-0.2, 0) is 10.8 Å². The van der Waals surface area contributed by atoms with Crippen LogP contribution in [0.4, 0.5) is 17.1 Å².